The highest BCUT2D eigenvalue weighted by atomic mass is 16.8. The molecule has 0 aromatic rings. The van der Waals surface area contributed by atoms with Crippen molar-refractivity contribution >= 4 is 0 Å². The Morgan fingerprint density at radius 2 is 2.16 bits per heavy atom. The SMILES string of the molecule is CCOC(O)OC(C)CC[C@]1(C)C2CCC(C2)[C@H]1N. The Hall–Kier alpha value is -0.160. The maximum absolute atomic E-state index is 9.46. The highest BCUT2D eigenvalue weighted by molar-refractivity contribution is 5.06. The van der Waals surface area contributed by atoms with Crippen LogP contribution < -0.4 is 5.73 Å². The number of ether oxygens (including phenoxy) is 2. The second kappa shape index (κ2) is 6.08. The summed E-state index contributed by atoms with van der Waals surface area (Å²) in [6.07, 6.45) is 5.98. The summed E-state index contributed by atoms with van der Waals surface area (Å²) in [4.78, 5) is 0. The Morgan fingerprint density at radius 3 is 2.74 bits per heavy atom. The zero-order valence-corrected chi connectivity index (χ0v) is 12.5. The number of hydrogen-bond donors (Lipinski definition) is 2. The quantitative estimate of drug-likeness (QED) is 0.697. The summed E-state index contributed by atoms with van der Waals surface area (Å²) in [6.45, 7) is 5.53. The van der Waals surface area contributed by atoms with Crippen LogP contribution in [-0.4, -0.2) is 30.3 Å². The van der Waals surface area contributed by atoms with Crippen molar-refractivity contribution in [2.75, 3.05) is 6.61 Å². The van der Waals surface area contributed by atoms with Gasteiger partial charge in [-0.2, -0.15) is 0 Å². The molecule has 19 heavy (non-hydrogen) atoms. The normalized spacial score (nSPS) is 40.6. The molecule has 0 amide bonds. The van der Waals surface area contributed by atoms with Gasteiger partial charge in [0.25, 0.3) is 6.48 Å². The highest BCUT2D eigenvalue weighted by Gasteiger charge is 2.53. The van der Waals surface area contributed by atoms with Gasteiger partial charge in [0.05, 0.1) is 6.10 Å². The molecule has 2 rings (SSSR count). The van der Waals surface area contributed by atoms with Crippen LogP contribution in [0, 0.1) is 17.3 Å². The van der Waals surface area contributed by atoms with Crippen LogP contribution in [0.3, 0.4) is 0 Å². The molecule has 4 nitrogen and oxygen atoms in total. The summed E-state index contributed by atoms with van der Waals surface area (Å²) in [5.41, 5.74) is 6.68. The Bertz CT molecular complexity index is 295. The topological polar surface area (TPSA) is 64.7 Å². The van der Waals surface area contributed by atoms with Gasteiger partial charge in [0, 0.05) is 12.6 Å². The first kappa shape index (κ1) is 15.2. The summed E-state index contributed by atoms with van der Waals surface area (Å²) in [7, 11) is 0. The summed E-state index contributed by atoms with van der Waals surface area (Å²) in [5, 5.41) is 9.46. The second-order valence-corrected chi connectivity index (χ2v) is 6.55. The molecular weight excluding hydrogens is 242 g/mol. The molecule has 6 atom stereocenters. The summed E-state index contributed by atoms with van der Waals surface area (Å²) >= 11 is 0. The van der Waals surface area contributed by atoms with E-state index in [4.69, 9.17) is 15.2 Å². The van der Waals surface area contributed by atoms with E-state index in [-0.39, 0.29) is 11.5 Å². The van der Waals surface area contributed by atoms with Crippen molar-refractivity contribution < 1.29 is 14.6 Å². The Labute approximate surface area is 116 Å². The minimum atomic E-state index is -1.10. The van der Waals surface area contributed by atoms with Crippen LogP contribution in [0.4, 0.5) is 0 Å². The summed E-state index contributed by atoms with van der Waals surface area (Å²) in [6, 6.07) is 0.343. The lowest BCUT2D eigenvalue weighted by atomic mass is 9.68. The molecule has 0 spiro atoms. The van der Waals surface area contributed by atoms with E-state index in [1.807, 2.05) is 13.8 Å². The van der Waals surface area contributed by atoms with Crippen molar-refractivity contribution in [1.29, 1.82) is 0 Å². The molecule has 3 N–H and O–H groups in total. The fourth-order valence-corrected chi connectivity index (χ4v) is 4.09. The van der Waals surface area contributed by atoms with Gasteiger partial charge in [0.15, 0.2) is 0 Å². The predicted octanol–water partition coefficient (Wildman–Crippen LogP) is 2.25. The van der Waals surface area contributed by atoms with E-state index in [1.165, 1.54) is 19.3 Å². The van der Waals surface area contributed by atoms with E-state index in [2.05, 4.69) is 6.92 Å². The van der Waals surface area contributed by atoms with Crippen LogP contribution in [0.15, 0.2) is 0 Å². The molecule has 112 valence electrons. The lowest BCUT2D eigenvalue weighted by Gasteiger charge is -2.40. The molecule has 0 aromatic carbocycles. The van der Waals surface area contributed by atoms with Gasteiger partial charge in [-0.1, -0.05) is 6.92 Å². The van der Waals surface area contributed by atoms with Crippen molar-refractivity contribution in [1.82, 2.24) is 0 Å². The van der Waals surface area contributed by atoms with E-state index in [0.29, 0.717) is 12.6 Å². The number of rotatable bonds is 7. The molecule has 4 heteroatoms. The molecule has 4 unspecified atom stereocenters. The Morgan fingerprint density at radius 1 is 1.42 bits per heavy atom. The first-order valence-corrected chi connectivity index (χ1v) is 7.68. The molecule has 2 aliphatic carbocycles. The van der Waals surface area contributed by atoms with Crippen LogP contribution in [0.2, 0.25) is 0 Å². The average Bonchev–Trinajstić information content (AvgIpc) is 2.91. The molecule has 2 bridgehead atoms. The van der Waals surface area contributed by atoms with Crippen molar-refractivity contribution in [2.45, 2.75) is 71.5 Å². The highest BCUT2D eigenvalue weighted by Crippen LogP contribution is 2.57. The van der Waals surface area contributed by atoms with E-state index >= 15 is 0 Å². The minimum absolute atomic E-state index is 0.00435. The van der Waals surface area contributed by atoms with Crippen LogP contribution in [-0.2, 0) is 9.47 Å². The number of aliphatic hydroxyl groups is 1. The molecule has 0 heterocycles. The first-order chi connectivity index (χ1) is 8.97. The largest absolute Gasteiger partial charge is 0.346 e. The molecule has 2 saturated carbocycles. The van der Waals surface area contributed by atoms with E-state index < -0.39 is 6.48 Å². The lowest BCUT2D eigenvalue weighted by Crippen LogP contribution is -2.44. The number of nitrogens with two attached hydrogens (primary N) is 1. The van der Waals surface area contributed by atoms with E-state index in [9.17, 15) is 5.11 Å². The predicted molar refractivity (Wildman–Crippen MR) is 74.3 cm³/mol. The third-order valence-electron chi connectivity index (χ3n) is 5.42. The van der Waals surface area contributed by atoms with Gasteiger partial charge in [-0.3, -0.25) is 0 Å². The van der Waals surface area contributed by atoms with Gasteiger partial charge in [0.1, 0.15) is 0 Å². The molecular formula is C15H29NO3. The van der Waals surface area contributed by atoms with Gasteiger partial charge in [-0.25, -0.2) is 0 Å². The van der Waals surface area contributed by atoms with E-state index in [1.54, 1.807) is 0 Å². The van der Waals surface area contributed by atoms with Crippen LogP contribution in [0.5, 0.6) is 0 Å². The third kappa shape index (κ3) is 3.13. The molecule has 0 aliphatic heterocycles. The second-order valence-electron chi connectivity index (χ2n) is 6.55. The maximum atomic E-state index is 9.46. The fraction of sp³-hybridized carbons (Fsp3) is 1.00. The van der Waals surface area contributed by atoms with Gasteiger partial charge in [0.2, 0.25) is 0 Å². The summed E-state index contributed by atoms with van der Waals surface area (Å²) in [5.74, 6) is 1.52. The fourth-order valence-electron chi connectivity index (χ4n) is 4.09. The van der Waals surface area contributed by atoms with Gasteiger partial charge in [-0.15, -0.1) is 0 Å². The zero-order chi connectivity index (χ0) is 14.0. The Kier molecular flexibility index (Phi) is 4.88. The lowest BCUT2D eigenvalue weighted by molar-refractivity contribution is -0.278. The van der Waals surface area contributed by atoms with Crippen molar-refractivity contribution in [3.63, 3.8) is 0 Å². The number of hydrogen-bond acceptors (Lipinski definition) is 4. The molecule has 0 saturated heterocycles. The van der Waals surface area contributed by atoms with Gasteiger partial charge >= 0.3 is 0 Å². The van der Waals surface area contributed by atoms with Crippen LogP contribution >= 0.6 is 0 Å². The van der Waals surface area contributed by atoms with Crippen molar-refractivity contribution in [3.8, 4) is 0 Å². The third-order valence-corrected chi connectivity index (χ3v) is 5.42. The van der Waals surface area contributed by atoms with Crippen LogP contribution in [0.1, 0.15) is 52.9 Å². The zero-order valence-electron chi connectivity index (χ0n) is 12.5. The summed E-state index contributed by atoms with van der Waals surface area (Å²) < 4.78 is 10.4. The van der Waals surface area contributed by atoms with Crippen molar-refractivity contribution in [3.05, 3.63) is 0 Å². The van der Waals surface area contributed by atoms with Gasteiger partial charge in [-0.05, 0) is 63.2 Å². The smallest absolute Gasteiger partial charge is 0.269 e. The standard InChI is InChI=1S/C15H29NO3/c1-4-18-14(17)19-10(2)7-8-15(3)12-6-5-11(9-12)13(15)16/h10-14,17H,4-9,16H2,1-3H3/t10?,11?,12?,13-,14?,15-/m1/s1. The monoisotopic (exact) mass is 271 g/mol. The average molecular weight is 271 g/mol. The molecule has 2 aliphatic rings. The molecule has 2 fully saturated rings. The molecule has 0 aromatic heterocycles. The molecule has 0 radical (unpaired) electrons. The number of aliphatic hydroxyl groups excluding tert-OH is 1. The maximum Gasteiger partial charge on any atom is 0.269 e. The Balaban J connectivity index is 1.78. The number of fused-ring (bicyclic) bond motifs is 2. The van der Waals surface area contributed by atoms with Crippen LogP contribution in [0.25, 0.3) is 0 Å². The minimum Gasteiger partial charge on any atom is -0.346 e. The first-order valence-electron chi connectivity index (χ1n) is 7.68. The van der Waals surface area contributed by atoms with Gasteiger partial charge < -0.3 is 20.3 Å². The van der Waals surface area contributed by atoms with E-state index in [0.717, 1.165) is 24.7 Å². The van der Waals surface area contributed by atoms with Crippen molar-refractivity contribution in [2.24, 2.45) is 23.0 Å².